The molecule has 0 saturated carbocycles. The quantitative estimate of drug-likeness (QED) is 0.707. The van der Waals surface area contributed by atoms with Gasteiger partial charge in [0.15, 0.2) is 9.84 Å². The molecule has 0 fully saturated rings. The molecule has 0 aromatic heterocycles. The minimum Gasteiger partial charge on any atom is -0.223 e. The zero-order chi connectivity index (χ0) is 9.03. The third-order valence-corrected chi connectivity index (χ3v) is 2.97. The van der Waals surface area contributed by atoms with E-state index in [2.05, 4.69) is 12.7 Å². The van der Waals surface area contributed by atoms with Crippen molar-refractivity contribution in [2.75, 3.05) is 5.75 Å². The van der Waals surface area contributed by atoms with Crippen LogP contribution in [0.1, 0.15) is 0 Å². The zero-order valence-corrected chi connectivity index (χ0v) is 7.34. The molecule has 0 N–H and O–H groups in total. The van der Waals surface area contributed by atoms with Crippen molar-refractivity contribution >= 4 is 9.84 Å². The van der Waals surface area contributed by atoms with Gasteiger partial charge in [0.2, 0.25) is 0 Å². The van der Waals surface area contributed by atoms with Crippen LogP contribution >= 0.6 is 0 Å². The van der Waals surface area contributed by atoms with Gasteiger partial charge in [-0.15, -0.1) is 0 Å². The monoisotopic (exact) mass is 181 g/mol. The van der Waals surface area contributed by atoms with E-state index >= 15 is 0 Å². The second-order valence-electron chi connectivity index (χ2n) is 2.32. The van der Waals surface area contributed by atoms with E-state index in [1.165, 1.54) is 0 Å². The van der Waals surface area contributed by atoms with Gasteiger partial charge in [0.05, 0.1) is 10.6 Å². The Morgan fingerprint density at radius 1 is 1.25 bits per heavy atom. The number of sulfone groups is 1. The molecule has 0 heterocycles. The Bertz CT molecular complexity index is 351. The Labute approximate surface area is 72.5 Å². The molecule has 12 heavy (non-hydrogen) atoms. The fourth-order valence-electron chi connectivity index (χ4n) is 0.846. The third-order valence-electron chi connectivity index (χ3n) is 1.39. The lowest BCUT2D eigenvalue weighted by Gasteiger charge is -1.98. The molecule has 0 aliphatic rings. The highest BCUT2D eigenvalue weighted by atomic mass is 32.2. The number of hydrogen-bond donors (Lipinski definition) is 0. The minimum absolute atomic E-state index is 0.128. The number of rotatable bonds is 3. The van der Waals surface area contributed by atoms with Crippen LogP contribution < -0.4 is 0 Å². The van der Waals surface area contributed by atoms with E-state index in [-0.39, 0.29) is 5.75 Å². The predicted octanol–water partition coefficient (Wildman–Crippen LogP) is 1.45. The average Bonchev–Trinajstić information content (AvgIpc) is 2.06. The van der Waals surface area contributed by atoms with E-state index in [9.17, 15) is 8.42 Å². The van der Waals surface area contributed by atoms with E-state index < -0.39 is 9.84 Å². The van der Waals surface area contributed by atoms with Crippen molar-refractivity contribution in [2.45, 2.75) is 4.90 Å². The maximum absolute atomic E-state index is 11.3. The largest absolute Gasteiger partial charge is 0.223 e. The van der Waals surface area contributed by atoms with Crippen molar-refractivity contribution in [2.24, 2.45) is 0 Å². The van der Waals surface area contributed by atoms with Crippen molar-refractivity contribution in [3.05, 3.63) is 43.0 Å². The Morgan fingerprint density at radius 2 is 1.83 bits per heavy atom. The van der Waals surface area contributed by atoms with Gasteiger partial charge < -0.3 is 0 Å². The van der Waals surface area contributed by atoms with Gasteiger partial charge >= 0.3 is 0 Å². The summed E-state index contributed by atoms with van der Waals surface area (Å²) in [6.07, 6.45) is 2.37. The molecule has 0 amide bonds. The molecular formula is C9H9O2S. The molecule has 0 spiro atoms. The van der Waals surface area contributed by atoms with E-state index in [1.54, 1.807) is 30.3 Å². The highest BCUT2D eigenvalue weighted by molar-refractivity contribution is 7.91. The van der Waals surface area contributed by atoms with E-state index in [0.29, 0.717) is 4.90 Å². The molecule has 0 aliphatic carbocycles. The summed E-state index contributed by atoms with van der Waals surface area (Å²) in [5, 5.41) is 0. The van der Waals surface area contributed by atoms with Gasteiger partial charge in [-0.25, -0.2) is 8.42 Å². The molecule has 0 atom stereocenters. The van der Waals surface area contributed by atoms with Gasteiger partial charge in [-0.3, -0.25) is 0 Å². The van der Waals surface area contributed by atoms with Crippen molar-refractivity contribution in [1.82, 2.24) is 0 Å². The highest BCUT2D eigenvalue weighted by Gasteiger charge is 2.10. The standard InChI is InChI=1S/C9H9O2S/c1-2-8-12(10,11)9-6-4-3-5-7-9/h3-7H,1,8H2. The van der Waals surface area contributed by atoms with E-state index in [4.69, 9.17) is 0 Å². The van der Waals surface area contributed by atoms with E-state index in [1.807, 2.05) is 0 Å². The Balaban J connectivity index is 3.07. The van der Waals surface area contributed by atoms with Crippen LogP contribution in [0.2, 0.25) is 0 Å². The molecule has 0 saturated heterocycles. The molecule has 1 rings (SSSR count). The highest BCUT2D eigenvalue weighted by Crippen LogP contribution is 2.09. The first-order valence-corrected chi connectivity index (χ1v) is 5.10. The molecule has 63 valence electrons. The lowest BCUT2D eigenvalue weighted by atomic mass is 10.4. The lowest BCUT2D eigenvalue weighted by Crippen LogP contribution is -2.03. The first kappa shape index (κ1) is 9.00. The van der Waals surface area contributed by atoms with Crippen LogP contribution in [0.25, 0.3) is 0 Å². The molecule has 0 unspecified atom stereocenters. The van der Waals surface area contributed by atoms with Gasteiger partial charge in [0.1, 0.15) is 0 Å². The number of benzene rings is 1. The summed E-state index contributed by atoms with van der Waals surface area (Å²) in [6, 6.07) is 8.28. The van der Waals surface area contributed by atoms with Crippen molar-refractivity contribution < 1.29 is 8.42 Å². The fourth-order valence-corrected chi connectivity index (χ4v) is 1.85. The second kappa shape index (κ2) is 3.54. The molecule has 0 aliphatic heterocycles. The van der Waals surface area contributed by atoms with Crippen molar-refractivity contribution in [3.8, 4) is 0 Å². The Kier molecular flexibility index (Phi) is 2.65. The summed E-state index contributed by atoms with van der Waals surface area (Å²) < 4.78 is 22.7. The summed E-state index contributed by atoms with van der Waals surface area (Å²) in [4.78, 5) is 0.321. The van der Waals surface area contributed by atoms with Crippen LogP contribution in [0.5, 0.6) is 0 Å². The maximum Gasteiger partial charge on any atom is 0.182 e. The molecule has 3 heteroatoms. The minimum atomic E-state index is -3.18. The van der Waals surface area contributed by atoms with Crippen molar-refractivity contribution in [1.29, 1.82) is 0 Å². The van der Waals surface area contributed by atoms with Crippen LogP contribution in [-0.2, 0) is 9.84 Å². The smallest absolute Gasteiger partial charge is 0.182 e. The lowest BCUT2D eigenvalue weighted by molar-refractivity contribution is 0.598. The van der Waals surface area contributed by atoms with Crippen LogP contribution in [0.3, 0.4) is 0 Å². The SMILES string of the molecule is C=[C]CS(=O)(=O)c1ccccc1. The molecular weight excluding hydrogens is 172 g/mol. The van der Waals surface area contributed by atoms with Gasteiger partial charge in [-0.1, -0.05) is 24.8 Å². The maximum atomic E-state index is 11.3. The van der Waals surface area contributed by atoms with Crippen LogP contribution in [0.4, 0.5) is 0 Å². The first-order valence-electron chi connectivity index (χ1n) is 3.44. The topological polar surface area (TPSA) is 34.1 Å². The average molecular weight is 181 g/mol. The van der Waals surface area contributed by atoms with Crippen LogP contribution in [0.15, 0.2) is 41.8 Å². The predicted molar refractivity (Wildman–Crippen MR) is 47.4 cm³/mol. The number of hydrogen-bond acceptors (Lipinski definition) is 2. The Hall–Kier alpha value is -1.09. The van der Waals surface area contributed by atoms with Gasteiger partial charge in [0, 0.05) is 0 Å². The molecule has 1 aromatic carbocycles. The molecule has 2 nitrogen and oxygen atoms in total. The van der Waals surface area contributed by atoms with Gasteiger partial charge in [0.25, 0.3) is 0 Å². The molecule has 1 aromatic rings. The molecule has 1 radical (unpaired) electrons. The molecule has 0 bridgehead atoms. The normalized spacial score (nSPS) is 11.0. The Morgan fingerprint density at radius 3 is 2.33 bits per heavy atom. The van der Waals surface area contributed by atoms with Crippen LogP contribution in [0, 0.1) is 6.08 Å². The summed E-state index contributed by atoms with van der Waals surface area (Å²) in [6.45, 7) is 3.27. The van der Waals surface area contributed by atoms with Crippen molar-refractivity contribution in [3.63, 3.8) is 0 Å². The zero-order valence-electron chi connectivity index (χ0n) is 6.53. The van der Waals surface area contributed by atoms with Gasteiger partial charge in [-0.2, -0.15) is 0 Å². The van der Waals surface area contributed by atoms with Crippen LogP contribution in [-0.4, -0.2) is 14.2 Å². The van der Waals surface area contributed by atoms with E-state index in [0.717, 1.165) is 0 Å². The summed E-state index contributed by atoms with van der Waals surface area (Å²) >= 11 is 0. The summed E-state index contributed by atoms with van der Waals surface area (Å²) in [5.74, 6) is -0.128. The third kappa shape index (κ3) is 1.95. The van der Waals surface area contributed by atoms with Gasteiger partial charge in [-0.05, 0) is 18.2 Å². The summed E-state index contributed by atoms with van der Waals surface area (Å²) in [5.41, 5.74) is 0. The second-order valence-corrected chi connectivity index (χ2v) is 4.31. The first-order chi connectivity index (χ1) is 5.67. The summed E-state index contributed by atoms with van der Waals surface area (Å²) in [7, 11) is -3.18. The fraction of sp³-hybridized carbons (Fsp3) is 0.111.